The number of hydrogen-bond acceptors (Lipinski definition) is 0. The van der Waals surface area contributed by atoms with Gasteiger partial charge in [-0.3, -0.25) is 0 Å². The van der Waals surface area contributed by atoms with Crippen molar-refractivity contribution in [2.75, 3.05) is 0 Å². The largest absolute Gasteiger partial charge is 0.125 e. The minimum atomic E-state index is -1.14. The molecule has 0 bridgehead atoms. The molecule has 0 unspecified atom stereocenters. The van der Waals surface area contributed by atoms with Gasteiger partial charge in [-0.15, -0.1) is 5.73 Å². The first kappa shape index (κ1) is 20.5. The van der Waals surface area contributed by atoms with Gasteiger partial charge in [-0.05, 0) is 30.9 Å². The Balaban J connectivity index is 3.91. The second-order valence-electron chi connectivity index (χ2n) is 7.42. The molecule has 0 saturated carbocycles. The third-order valence-electron chi connectivity index (χ3n) is 3.90. The van der Waals surface area contributed by atoms with E-state index in [0.717, 1.165) is 0 Å². The van der Waals surface area contributed by atoms with Crippen LogP contribution in [0.15, 0.2) is 29.2 Å². The Kier molecular flexibility index (Phi) is 11.8. The Morgan fingerprint density at radius 1 is 0.905 bits per heavy atom. The van der Waals surface area contributed by atoms with E-state index in [1.54, 1.807) is 0 Å². The molecular formula is C20H38Si. The molecule has 0 aromatic carbocycles. The zero-order chi connectivity index (χ0) is 16.1. The van der Waals surface area contributed by atoms with Crippen LogP contribution < -0.4 is 0 Å². The fourth-order valence-corrected chi connectivity index (χ4v) is 4.04. The molecule has 0 radical (unpaired) electrons. The molecule has 0 saturated heterocycles. The van der Waals surface area contributed by atoms with Gasteiger partial charge in [0.05, 0.1) is 8.07 Å². The predicted molar refractivity (Wildman–Crippen MR) is 102 cm³/mol. The van der Waals surface area contributed by atoms with Crippen LogP contribution in [0.3, 0.4) is 0 Å². The molecular weight excluding hydrogens is 268 g/mol. The third-order valence-corrected chi connectivity index (χ3v) is 5.12. The molecule has 0 fully saturated rings. The summed E-state index contributed by atoms with van der Waals surface area (Å²) in [5, 5.41) is 0. The highest BCUT2D eigenvalue weighted by atomic mass is 28.3. The van der Waals surface area contributed by atoms with Gasteiger partial charge in [0, 0.05) is 0 Å². The lowest BCUT2D eigenvalue weighted by molar-refractivity contribution is 0.565. The molecule has 0 aliphatic carbocycles. The molecule has 122 valence electrons. The molecule has 0 nitrogen and oxygen atoms in total. The molecule has 1 heteroatoms. The van der Waals surface area contributed by atoms with Crippen molar-refractivity contribution in [1.82, 2.24) is 0 Å². The van der Waals surface area contributed by atoms with Gasteiger partial charge >= 0.3 is 0 Å². The maximum atomic E-state index is 3.82. The summed E-state index contributed by atoms with van der Waals surface area (Å²) in [5.41, 5.74) is 8.39. The monoisotopic (exact) mass is 306 g/mol. The third kappa shape index (κ3) is 12.9. The van der Waals surface area contributed by atoms with Crippen LogP contribution in [0, 0.1) is 0 Å². The summed E-state index contributed by atoms with van der Waals surface area (Å²) in [6, 6.07) is 0. The summed E-state index contributed by atoms with van der Waals surface area (Å²) >= 11 is 0. The smallest absolute Gasteiger partial charge is 0.0691 e. The van der Waals surface area contributed by atoms with E-state index in [2.05, 4.69) is 51.5 Å². The van der Waals surface area contributed by atoms with Crippen molar-refractivity contribution in [2.45, 2.75) is 97.7 Å². The summed E-state index contributed by atoms with van der Waals surface area (Å²) in [4.78, 5) is 0. The molecule has 0 N–H and O–H groups in total. The summed E-state index contributed by atoms with van der Waals surface area (Å²) < 4.78 is 0. The first-order valence-electron chi connectivity index (χ1n) is 8.99. The molecule has 0 spiro atoms. The molecule has 0 heterocycles. The van der Waals surface area contributed by atoms with Crippen LogP contribution in [0.2, 0.25) is 19.6 Å². The minimum absolute atomic E-state index is 1.14. The van der Waals surface area contributed by atoms with Crippen LogP contribution in [0.5, 0.6) is 0 Å². The van der Waals surface area contributed by atoms with Crippen LogP contribution in [0.25, 0.3) is 0 Å². The van der Waals surface area contributed by atoms with E-state index < -0.39 is 8.07 Å². The van der Waals surface area contributed by atoms with Crippen molar-refractivity contribution < 1.29 is 0 Å². The van der Waals surface area contributed by atoms with Crippen molar-refractivity contribution in [3.63, 3.8) is 0 Å². The standard InChI is InChI=1S/C20H38Si/c1-7-9-10-11-12-13-14-15-16-17-20(19(3)8-2)18-21(4,5)6/h18H,2,7,9-17H2,1,3-6H3/b20-18-. The zero-order valence-electron chi connectivity index (χ0n) is 15.4. The lowest BCUT2D eigenvalue weighted by atomic mass is 10.0. The van der Waals surface area contributed by atoms with Gasteiger partial charge in [0.2, 0.25) is 0 Å². The molecule has 0 aromatic rings. The zero-order valence-corrected chi connectivity index (χ0v) is 16.4. The van der Waals surface area contributed by atoms with Crippen LogP contribution in [-0.4, -0.2) is 8.07 Å². The molecule has 0 aromatic heterocycles. The Morgan fingerprint density at radius 3 is 1.81 bits per heavy atom. The Bertz CT molecular complexity index is 337. The van der Waals surface area contributed by atoms with E-state index in [0.29, 0.717) is 0 Å². The van der Waals surface area contributed by atoms with Gasteiger partial charge in [0.25, 0.3) is 0 Å². The highest BCUT2D eigenvalue weighted by Crippen LogP contribution is 2.21. The number of rotatable bonds is 12. The topological polar surface area (TPSA) is 0 Å². The van der Waals surface area contributed by atoms with E-state index in [4.69, 9.17) is 0 Å². The Morgan fingerprint density at radius 2 is 1.38 bits per heavy atom. The van der Waals surface area contributed by atoms with Crippen molar-refractivity contribution in [2.24, 2.45) is 0 Å². The number of unbranched alkanes of at least 4 members (excludes halogenated alkanes) is 8. The maximum absolute atomic E-state index is 3.82. The van der Waals surface area contributed by atoms with Crippen LogP contribution >= 0.6 is 0 Å². The van der Waals surface area contributed by atoms with Gasteiger partial charge in [0.1, 0.15) is 0 Å². The van der Waals surface area contributed by atoms with Crippen molar-refractivity contribution in [1.29, 1.82) is 0 Å². The van der Waals surface area contributed by atoms with Gasteiger partial charge in [-0.2, -0.15) is 0 Å². The SMILES string of the molecule is C=C=C(C)/C(=C\[Si](C)(C)C)CCCCCCCCCCC. The highest BCUT2D eigenvalue weighted by molar-refractivity contribution is 6.81. The molecule has 0 aliphatic heterocycles. The lowest BCUT2D eigenvalue weighted by Gasteiger charge is -2.14. The number of hydrogen-bond donors (Lipinski definition) is 0. The Labute approximate surface area is 135 Å². The van der Waals surface area contributed by atoms with Gasteiger partial charge < -0.3 is 0 Å². The summed E-state index contributed by atoms with van der Waals surface area (Å²) in [6.07, 6.45) is 13.8. The number of allylic oxidation sites excluding steroid dienone is 2. The Hall–Kier alpha value is -0.523. The minimum Gasteiger partial charge on any atom is -0.125 e. The van der Waals surface area contributed by atoms with Crippen LogP contribution in [-0.2, 0) is 0 Å². The fourth-order valence-electron chi connectivity index (χ4n) is 2.63. The van der Waals surface area contributed by atoms with Gasteiger partial charge in [-0.25, -0.2) is 0 Å². The lowest BCUT2D eigenvalue weighted by Crippen LogP contribution is -2.17. The summed E-state index contributed by atoms with van der Waals surface area (Å²) in [6.45, 7) is 15.5. The van der Waals surface area contributed by atoms with E-state index in [1.807, 2.05) is 0 Å². The predicted octanol–water partition coefficient (Wildman–Crippen LogP) is 7.44. The first-order chi connectivity index (χ1) is 9.90. The van der Waals surface area contributed by atoms with Crippen LogP contribution in [0.4, 0.5) is 0 Å². The van der Waals surface area contributed by atoms with Gasteiger partial charge in [0.15, 0.2) is 0 Å². The average Bonchev–Trinajstić information content (AvgIpc) is 2.42. The molecule has 21 heavy (non-hydrogen) atoms. The fraction of sp³-hybridized carbons (Fsp3) is 0.750. The van der Waals surface area contributed by atoms with Crippen LogP contribution in [0.1, 0.15) is 78.1 Å². The quantitative estimate of drug-likeness (QED) is 0.152. The van der Waals surface area contributed by atoms with E-state index >= 15 is 0 Å². The van der Waals surface area contributed by atoms with E-state index in [1.165, 1.54) is 75.4 Å². The second-order valence-corrected chi connectivity index (χ2v) is 12.4. The molecule has 0 amide bonds. The first-order valence-corrected chi connectivity index (χ1v) is 12.6. The maximum Gasteiger partial charge on any atom is 0.0691 e. The highest BCUT2D eigenvalue weighted by Gasteiger charge is 2.11. The normalized spacial score (nSPS) is 12.3. The summed E-state index contributed by atoms with van der Waals surface area (Å²) in [7, 11) is -1.14. The summed E-state index contributed by atoms with van der Waals surface area (Å²) in [5.74, 6) is 0. The second kappa shape index (κ2) is 12.1. The molecule has 0 atom stereocenters. The molecule has 0 rings (SSSR count). The van der Waals surface area contributed by atoms with Crippen molar-refractivity contribution in [3.8, 4) is 0 Å². The van der Waals surface area contributed by atoms with E-state index in [9.17, 15) is 0 Å². The average molecular weight is 307 g/mol. The van der Waals surface area contributed by atoms with Crippen molar-refractivity contribution in [3.05, 3.63) is 29.2 Å². The molecule has 0 aliphatic rings. The van der Waals surface area contributed by atoms with E-state index in [-0.39, 0.29) is 0 Å². The van der Waals surface area contributed by atoms with Gasteiger partial charge in [-0.1, -0.05) is 90.2 Å². The van der Waals surface area contributed by atoms with Crippen molar-refractivity contribution >= 4 is 8.07 Å².